The van der Waals surface area contributed by atoms with Crippen molar-refractivity contribution in [3.63, 3.8) is 0 Å². The van der Waals surface area contributed by atoms with Gasteiger partial charge in [-0.2, -0.15) is 0 Å². The number of hydrogen-bond acceptors (Lipinski definition) is 4. The van der Waals surface area contributed by atoms with Crippen LogP contribution in [0.2, 0.25) is 5.02 Å². The molecule has 2 aromatic rings. The Kier molecular flexibility index (Phi) is 4.37. The first-order valence-corrected chi connectivity index (χ1v) is 6.18. The number of pyridine rings is 1. The Morgan fingerprint density at radius 3 is 2.63 bits per heavy atom. The zero-order valence-electron chi connectivity index (χ0n) is 10.5. The summed E-state index contributed by atoms with van der Waals surface area (Å²) in [4.78, 5) is 4.07. The summed E-state index contributed by atoms with van der Waals surface area (Å²) in [7, 11) is 1.54. The highest BCUT2D eigenvalue weighted by Gasteiger charge is 2.19. The number of nitrogens with zero attached hydrogens (tertiary/aromatic N) is 1. The van der Waals surface area contributed by atoms with Crippen molar-refractivity contribution in [2.75, 3.05) is 7.11 Å². The molecule has 19 heavy (non-hydrogen) atoms. The number of ether oxygens (including phenoxy) is 1. The van der Waals surface area contributed by atoms with Gasteiger partial charge in [0.25, 0.3) is 0 Å². The molecular weight excluding hydrogens is 264 g/mol. The van der Waals surface area contributed by atoms with Crippen LogP contribution < -0.4 is 10.5 Å². The second-order valence-corrected chi connectivity index (χ2v) is 4.60. The molecule has 2 rings (SSSR count). The van der Waals surface area contributed by atoms with Gasteiger partial charge in [-0.15, -0.1) is 0 Å². The third-order valence-electron chi connectivity index (χ3n) is 2.88. The van der Waals surface area contributed by atoms with Crippen LogP contribution in [0.25, 0.3) is 0 Å². The quantitative estimate of drug-likeness (QED) is 0.901. The van der Waals surface area contributed by atoms with Crippen molar-refractivity contribution in [2.24, 2.45) is 5.73 Å². The molecule has 2 atom stereocenters. The van der Waals surface area contributed by atoms with Crippen LogP contribution >= 0.6 is 11.6 Å². The number of halogens is 1. The van der Waals surface area contributed by atoms with Crippen LogP contribution in [0.3, 0.4) is 0 Å². The monoisotopic (exact) mass is 278 g/mol. The topological polar surface area (TPSA) is 68.4 Å². The minimum Gasteiger partial charge on any atom is -0.481 e. The molecule has 0 aliphatic carbocycles. The summed E-state index contributed by atoms with van der Waals surface area (Å²) in [6, 6.07) is 9.93. The first-order valence-electron chi connectivity index (χ1n) is 5.81. The second-order valence-electron chi connectivity index (χ2n) is 4.16. The maximum atomic E-state index is 10.3. The minimum absolute atomic E-state index is 0.508. The molecule has 0 saturated heterocycles. The van der Waals surface area contributed by atoms with Gasteiger partial charge in [0, 0.05) is 17.3 Å². The number of nitrogens with two attached hydrogens (primary N) is 1. The van der Waals surface area contributed by atoms with Crippen LogP contribution in [0.1, 0.15) is 23.3 Å². The van der Waals surface area contributed by atoms with E-state index in [0.717, 1.165) is 5.56 Å². The molecule has 0 amide bonds. The highest BCUT2D eigenvalue weighted by atomic mass is 35.5. The second kappa shape index (κ2) is 6.02. The van der Waals surface area contributed by atoms with E-state index in [4.69, 9.17) is 22.1 Å². The van der Waals surface area contributed by atoms with E-state index in [2.05, 4.69) is 4.98 Å². The molecule has 0 spiro atoms. The first-order chi connectivity index (χ1) is 9.11. The third-order valence-corrected chi connectivity index (χ3v) is 3.12. The molecule has 1 aromatic carbocycles. The van der Waals surface area contributed by atoms with Crippen molar-refractivity contribution in [1.82, 2.24) is 4.98 Å². The third kappa shape index (κ3) is 3.23. The Morgan fingerprint density at radius 1 is 1.26 bits per heavy atom. The average Bonchev–Trinajstić information content (AvgIpc) is 2.46. The molecule has 5 heteroatoms. The largest absolute Gasteiger partial charge is 0.481 e. The Balaban J connectivity index is 2.20. The van der Waals surface area contributed by atoms with Crippen molar-refractivity contribution in [2.45, 2.75) is 12.1 Å². The molecule has 3 N–H and O–H groups in total. The molecule has 1 heterocycles. The van der Waals surface area contributed by atoms with Gasteiger partial charge in [-0.25, -0.2) is 4.98 Å². The number of rotatable bonds is 4. The van der Waals surface area contributed by atoms with Crippen molar-refractivity contribution < 1.29 is 9.84 Å². The maximum Gasteiger partial charge on any atom is 0.212 e. The van der Waals surface area contributed by atoms with Crippen LogP contribution in [-0.4, -0.2) is 17.2 Å². The minimum atomic E-state index is -0.839. The number of aromatic nitrogens is 1. The summed E-state index contributed by atoms with van der Waals surface area (Å²) in [5.41, 5.74) is 7.44. The van der Waals surface area contributed by atoms with Gasteiger partial charge < -0.3 is 15.6 Å². The fraction of sp³-hybridized carbons (Fsp3) is 0.214. The van der Waals surface area contributed by atoms with E-state index in [9.17, 15) is 5.11 Å². The van der Waals surface area contributed by atoms with E-state index in [1.807, 2.05) is 0 Å². The van der Waals surface area contributed by atoms with Gasteiger partial charge in [0.05, 0.1) is 19.3 Å². The molecular formula is C14H15ClN2O2. The highest BCUT2D eigenvalue weighted by Crippen LogP contribution is 2.28. The van der Waals surface area contributed by atoms with E-state index in [1.54, 1.807) is 49.7 Å². The van der Waals surface area contributed by atoms with Crippen LogP contribution in [0.4, 0.5) is 0 Å². The molecule has 0 aliphatic heterocycles. The Labute approximate surface area is 116 Å². The fourth-order valence-corrected chi connectivity index (χ4v) is 1.99. The predicted octanol–water partition coefficient (Wildman–Crippen LogP) is 2.48. The number of methoxy groups -OCH3 is 1. The SMILES string of the molecule is COc1ccc([C@@H](N)[C@H](O)c2cccc(Cl)c2)cn1. The smallest absolute Gasteiger partial charge is 0.212 e. The normalized spacial score (nSPS) is 13.9. The Bertz CT molecular complexity index is 545. The fourth-order valence-electron chi connectivity index (χ4n) is 1.79. The van der Waals surface area contributed by atoms with Crippen LogP contribution in [0, 0.1) is 0 Å². The standard InChI is InChI=1S/C14H15ClN2O2/c1-19-12-6-5-10(8-17-12)13(16)14(18)9-3-2-4-11(15)7-9/h2-8,13-14,18H,16H2,1H3/t13-,14-/m1/s1. The molecule has 0 fully saturated rings. The van der Waals surface area contributed by atoms with Crippen LogP contribution in [-0.2, 0) is 0 Å². The lowest BCUT2D eigenvalue weighted by atomic mass is 9.98. The molecule has 0 bridgehead atoms. The van der Waals surface area contributed by atoms with Crippen molar-refractivity contribution >= 4 is 11.6 Å². The molecule has 0 unspecified atom stereocenters. The molecule has 100 valence electrons. The van der Waals surface area contributed by atoms with E-state index in [-0.39, 0.29) is 0 Å². The van der Waals surface area contributed by atoms with E-state index in [0.29, 0.717) is 16.5 Å². The van der Waals surface area contributed by atoms with Gasteiger partial charge >= 0.3 is 0 Å². The Morgan fingerprint density at radius 2 is 2.05 bits per heavy atom. The lowest BCUT2D eigenvalue weighted by Crippen LogP contribution is -2.19. The maximum absolute atomic E-state index is 10.3. The number of benzene rings is 1. The van der Waals surface area contributed by atoms with Crippen molar-refractivity contribution in [1.29, 1.82) is 0 Å². The van der Waals surface area contributed by atoms with Gasteiger partial charge in [-0.05, 0) is 23.3 Å². The van der Waals surface area contributed by atoms with Crippen molar-refractivity contribution in [3.8, 4) is 5.88 Å². The lowest BCUT2D eigenvalue weighted by molar-refractivity contribution is 0.147. The van der Waals surface area contributed by atoms with Gasteiger partial charge in [-0.1, -0.05) is 29.8 Å². The van der Waals surface area contributed by atoms with Gasteiger partial charge in [0.1, 0.15) is 0 Å². The zero-order chi connectivity index (χ0) is 13.8. The highest BCUT2D eigenvalue weighted by molar-refractivity contribution is 6.30. The number of hydrogen-bond donors (Lipinski definition) is 2. The van der Waals surface area contributed by atoms with E-state index < -0.39 is 12.1 Å². The van der Waals surface area contributed by atoms with Crippen LogP contribution in [0.5, 0.6) is 5.88 Å². The summed E-state index contributed by atoms with van der Waals surface area (Å²) in [5, 5.41) is 10.8. The summed E-state index contributed by atoms with van der Waals surface area (Å²) in [6.07, 6.45) is 0.756. The Hall–Kier alpha value is -1.62. The lowest BCUT2D eigenvalue weighted by Gasteiger charge is -2.19. The number of aliphatic hydroxyl groups excluding tert-OH is 1. The number of aliphatic hydroxyl groups is 1. The zero-order valence-corrected chi connectivity index (χ0v) is 11.2. The molecule has 4 nitrogen and oxygen atoms in total. The average molecular weight is 279 g/mol. The summed E-state index contributed by atoms with van der Waals surface area (Å²) < 4.78 is 4.98. The van der Waals surface area contributed by atoms with Gasteiger partial charge in [0.2, 0.25) is 5.88 Å². The molecule has 0 saturated carbocycles. The van der Waals surface area contributed by atoms with Crippen molar-refractivity contribution in [3.05, 3.63) is 58.7 Å². The predicted molar refractivity (Wildman–Crippen MR) is 74.1 cm³/mol. The molecule has 1 aromatic heterocycles. The molecule has 0 radical (unpaired) electrons. The van der Waals surface area contributed by atoms with E-state index >= 15 is 0 Å². The first kappa shape index (κ1) is 13.8. The summed E-state index contributed by atoms with van der Waals surface area (Å²) >= 11 is 5.90. The summed E-state index contributed by atoms with van der Waals surface area (Å²) in [6.45, 7) is 0. The van der Waals surface area contributed by atoms with Crippen LogP contribution in [0.15, 0.2) is 42.6 Å². The van der Waals surface area contributed by atoms with Gasteiger partial charge in [-0.3, -0.25) is 0 Å². The van der Waals surface area contributed by atoms with E-state index in [1.165, 1.54) is 0 Å². The molecule has 0 aliphatic rings. The summed E-state index contributed by atoms with van der Waals surface area (Å²) in [5.74, 6) is 0.508. The van der Waals surface area contributed by atoms with Gasteiger partial charge in [0.15, 0.2) is 0 Å².